The SMILES string of the molecule is CN(C)CCN(C)C(=O)CCNC1CC1. The van der Waals surface area contributed by atoms with Crippen LogP contribution >= 0.6 is 0 Å². The maximum Gasteiger partial charge on any atom is 0.223 e. The van der Waals surface area contributed by atoms with E-state index in [-0.39, 0.29) is 5.91 Å². The van der Waals surface area contributed by atoms with Gasteiger partial charge in [-0.25, -0.2) is 0 Å². The molecule has 0 bridgehead atoms. The first-order valence-corrected chi connectivity index (χ1v) is 5.71. The first kappa shape index (κ1) is 12.5. The van der Waals surface area contributed by atoms with Crippen LogP contribution in [0.15, 0.2) is 0 Å². The van der Waals surface area contributed by atoms with Crippen LogP contribution in [0.25, 0.3) is 0 Å². The second-order valence-electron chi connectivity index (χ2n) is 4.60. The number of carbonyl (C=O) groups excluding carboxylic acids is 1. The molecule has 1 fully saturated rings. The highest BCUT2D eigenvalue weighted by Crippen LogP contribution is 2.18. The average molecular weight is 213 g/mol. The van der Waals surface area contributed by atoms with Crippen molar-refractivity contribution < 1.29 is 4.79 Å². The Morgan fingerprint density at radius 3 is 2.47 bits per heavy atom. The van der Waals surface area contributed by atoms with Crippen LogP contribution < -0.4 is 5.32 Å². The molecule has 1 aliphatic carbocycles. The van der Waals surface area contributed by atoms with Crippen LogP contribution in [0.5, 0.6) is 0 Å². The van der Waals surface area contributed by atoms with E-state index in [9.17, 15) is 4.79 Å². The van der Waals surface area contributed by atoms with Crippen LogP contribution in [0.3, 0.4) is 0 Å². The second-order valence-corrected chi connectivity index (χ2v) is 4.60. The first-order valence-electron chi connectivity index (χ1n) is 5.71. The van der Waals surface area contributed by atoms with E-state index in [1.54, 1.807) is 0 Å². The highest BCUT2D eigenvalue weighted by molar-refractivity contribution is 5.76. The quantitative estimate of drug-likeness (QED) is 0.654. The molecule has 0 aromatic carbocycles. The van der Waals surface area contributed by atoms with E-state index in [0.29, 0.717) is 12.5 Å². The molecule has 88 valence electrons. The van der Waals surface area contributed by atoms with Crippen LogP contribution in [0.2, 0.25) is 0 Å². The summed E-state index contributed by atoms with van der Waals surface area (Å²) in [6.07, 6.45) is 3.19. The van der Waals surface area contributed by atoms with Crippen molar-refractivity contribution in [3.63, 3.8) is 0 Å². The van der Waals surface area contributed by atoms with Gasteiger partial charge in [0.25, 0.3) is 0 Å². The predicted molar refractivity (Wildman–Crippen MR) is 61.8 cm³/mol. The Bertz CT molecular complexity index is 202. The summed E-state index contributed by atoms with van der Waals surface area (Å²) in [6.45, 7) is 2.57. The number of carbonyl (C=O) groups is 1. The summed E-state index contributed by atoms with van der Waals surface area (Å²) in [7, 11) is 5.92. The van der Waals surface area contributed by atoms with E-state index in [0.717, 1.165) is 19.6 Å². The minimum atomic E-state index is 0.241. The van der Waals surface area contributed by atoms with Crippen molar-refractivity contribution in [1.82, 2.24) is 15.1 Å². The Morgan fingerprint density at radius 1 is 1.27 bits per heavy atom. The van der Waals surface area contributed by atoms with Crippen LogP contribution in [-0.2, 0) is 4.79 Å². The predicted octanol–water partition coefficient (Wildman–Crippen LogP) is 0.149. The summed E-state index contributed by atoms with van der Waals surface area (Å²) in [5, 5.41) is 3.35. The number of likely N-dealkylation sites (N-methyl/N-ethyl adjacent to an activating group) is 2. The van der Waals surface area contributed by atoms with E-state index in [2.05, 4.69) is 10.2 Å². The molecule has 0 radical (unpaired) electrons. The molecular formula is C11H23N3O. The Kier molecular flexibility index (Phi) is 5.05. The monoisotopic (exact) mass is 213 g/mol. The van der Waals surface area contributed by atoms with E-state index in [4.69, 9.17) is 0 Å². The maximum atomic E-state index is 11.6. The van der Waals surface area contributed by atoms with E-state index >= 15 is 0 Å². The molecule has 0 saturated heterocycles. The van der Waals surface area contributed by atoms with Crippen molar-refractivity contribution >= 4 is 5.91 Å². The lowest BCUT2D eigenvalue weighted by Gasteiger charge is -2.19. The molecule has 1 aliphatic rings. The third-order valence-electron chi connectivity index (χ3n) is 2.66. The van der Waals surface area contributed by atoms with Crippen molar-refractivity contribution in [2.75, 3.05) is 40.8 Å². The van der Waals surface area contributed by atoms with Gasteiger partial charge in [-0.2, -0.15) is 0 Å². The number of nitrogens with one attached hydrogen (secondary N) is 1. The van der Waals surface area contributed by atoms with Crippen molar-refractivity contribution in [1.29, 1.82) is 0 Å². The molecule has 15 heavy (non-hydrogen) atoms. The van der Waals surface area contributed by atoms with Gasteiger partial charge in [0, 0.05) is 39.1 Å². The smallest absolute Gasteiger partial charge is 0.223 e. The molecule has 4 nitrogen and oxygen atoms in total. The second kappa shape index (κ2) is 6.08. The lowest BCUT2D eigenvalue weighted by molar-refractivity contribution is -0.129. The zero-order chi connectivity index (χ0) is 11.3. The summed E-state index contributed by atoms with van der Waals surface area (Å²) < 4.78 is 0. The van der Waals surface area contributed by atoms with Gasteiger partial charge >= 0.3 is 0 Å². The zero-order valence-electron chi connectivity index (χ0n) is 10.1. The minimum absolute atomic E-state index is 0.241. The topological polar surface area (TPSA) is 35.6 Å². The van der Waals surface area contributed by atoms with Gasteiger partial charge in [-0.05, 0) is 26.9 Å². The Labute approximate surface area is 92.6 Å². The molecule has 0 aromatic heterocycles. The number of nitrogens with zero attached hydrogens (tertiary/aromatic N) is 2. The molecule has 1 amide bonds. The summed E-state index contributed by atoms with van der Waals surface area (Å²) in [5.41, 5.74) is 0. The zero-order valence-corrected chi connectivity index (χ0v) is 10.1. The number of amides is 1. The van der Waals surface area contributed by atoms with Gasteiger partial charge in [-0.1, -0.05) is 0 Å². The average Bonchev–Trinajstić information content (AvgIpc) is 2.97. The minimum Gasteiger partial charge on any atom is -0.344 e. The van der Waals surface area contributed by atoms with Crippen LogP contribution in [0.1, 0.15) is 19.3 Å². The van der Waals surface area contributed by atoms with Gasteiger partial charge < -0.3 is 15.1 Å². The standard InChI is InChI=1S/C11H23N3O/c1-13(2)8-9-14(3)11(15)6-7-12-10-4-5-10/h10,12H,4-9H2,1-3H3. The van der Waals surface area contributed by atoms with Gasteiger partial charge in [0.05, 0.1) is 0 Å². The summed E-state index contributed by atoms with van der Waals surface area (Å²) in [6, 6.07) is 0.699. The largest absolute Gasteiger partial charge is 0.344 e. The fraction of sp³-hybridized carbons (Fsp3) is 0.909. The van der Waals surface area contributed by atoms with E-state index in [1.165, 1.54) is 12.8 Å². The van der Waals surface area contributed by atoms with Crippen LogP contribution in [0.4, 0.5) is 0 Å². The van der Waals surface area contributed by atoms with Crippen molar-refractivity contribution in [2.45, 2.75) is 25.3 Å². The fourth-order valence-electron chi connectivity index (χ4n) is 1.34. The van der Waals surface area contributed by atoms with Gasteiger partial charge in [0.15, 0.2) is 0 Å². The van der Waals surface area contributed by atoms with Gasteiger partial charge in [-0.15, -0.1) is 0 Å². The number of rotatable bonds is 7. The van der Waals surface area contributed by atoms with E-state index < -0.39 is 0 Å². The molecule has 0 heterocycles. The Morgan fingerprint density at radius 2 is 1.93 bits per heavy atom. The highest BCUT2D eigenvalue weighted by atomic mass is 16.2. The van der Waals surface area contributed by atoms with Crippen molar-refractivity contribution in [3.8, 4) is 0 Å². The molecule has 1 rings (SSSR count). The van der Waals surface area contributed by atoms with Gasteiger partial charge in [0.2, 0.25) is 5.91 Å². The molecule has 1 saturated carbocycles. The molecule has 1 N–H and O–H groups in total. The van der Waals surface area contributed by atoms with Gasteiger partial charge in [-0.3, -0.25) is 4.79 Å². The lowest BCUT2D eigenvalue weighted by Crippen LogP contribution is -2.35. The van der Waals surface area contributed by atoms with Gasteiger partial charge in [0.1, 0.15) is 0 Å². The number of hydrogen-bond acceptors (Lipinski definition) is 3. The Hall–Kier alpha value is -0.610. The van der Waals surface area contributed by atoms with Crippen LogP contribution in [-0.4, -0.2) is 62.5 Å². The highest BCUT2D eigenvalue weighted by Gasteiger charge is 2.20. The summed E-state index contributed by atoms with van der Waals surface area (Å²) >= 11 is 0. The lowest BCUT2D eigenvalue weighted by atomic mass is 10.3. The fourth-order valence-corrected chi connectivity index (χ4v) is 1.34. The third-order valence-corrected chi connectivity index (χ3v) is 2.66. The molecule has 0 aliphatic heterocycles. The summed E-state index contributed by atoms with van der Waals surface area (Å²) in [5.74, 6) is 0.241. The summed E-state index contributed by atoms with van der Waals surface area (Å²) in [4.78, 5) is 15.5. The van der Waals surface area contributed by atoms with E-state index in [1.807, 2.05) is 26.0 Å². The molecule has 0 atom stereocenters. The molecule has 0 aromatic rings. The molecule has 4 heteroatoms. The first-order chi connectivity index (χ1) is 7.09. The molecule has 0 spiro atoms. The van der Waals surface area contributed by atoms with Crippen LogP contribution in [0, 0.1) is 0 Å². The van der Waals surface area contributed by atoms with Crippen molar-refractivity contribution in [2.24, 2.45) is 0 Å². The number of hydrogen-bond donors (Lipinski definition) is 1. The third kappa shape index (κ3) is 5.74. The Balaban J connectivity index is 2.03. The molecular weight excluding hydrogens is 190 g/mol. The maximum absolute atomic E-state index is 11.6. The normalized spacial score (nSPS) is 15.7. The van der Waals surface area contributed by atoms with Crippen molar-refractivity contribution in [3.05, 3.63) is 0 Å². The molecule has 0 unspecified atom stereocenters.